The van der Waals surface area contributed by atoms with Crippen molar-refractivity contribution < 1.29 is 0 Å². The molecule has 1 aliphatic carbocycles. The average molecular weight is 768 g/mol. The van der Waals surface area contributed by atoms with Crippen LogP contribution in [0.2, 0.25) is 0 Å². The van der Waals surface area contributed by atoms with Gasteiger partial charge in [-0.2, -0.15) is 0 Å². The average Bonchev–Trinajstić information content (AvgIpc) is 4.03. The molecular formula is C56H53N3. The lowest BCUT2D eigenvalue weighted by atomic mass is 9.84. The summed E-state index contributed by atoms with van der Waals surface area (Å²) in [5.41, 5.74) is 14.0. The van der Waals surface area contributed by atoms with Gasteiger partial charge in [-0.25, -0.2) is 0 Å². The molecule has 11 rings (SSSR count). The third kappa shape index (κ3) is 5.94. The van der Waals surface area contributed by atoms with Crippen molar-refractivity contribution in [1.82, 2.24) is 14.0 Å². The number of rotatable bonds is 6. The van der Waals surface area contributed by atoms with Crippen LogP contribution in [0, 0.1) is 13.8 Å². The van der Waals surface area contributed by atoms with Crippen molar-refractivity contribution in [3.63, 3.8) is 0 Å². The predicted molar refractivity (Wildman–Crippen MR) is 258 cm³/mol. The highest BCUT2D eigenvalue weighted by molar-refractivity contribution is 6.36. The fraction of sp³-hybridized carbons (Fsp3) is 0.179. The van der Waals surface area contributed by atoms with Crippen LogP contribution >= 0.6 is 0 Å². The molecule has 0 radical (unpaired) electrons. The molecule has 0 spiro atoms. The summed E-state index contributed by atoms with van der Waals surface area (Å²) < 4.78 is 5.14. The number of aromatic amines is 1. The Balaban J connectivity index is 0.000000861. The summed E-state index contributed by atoms with van der Waals surface area (Å²) >= 11 is 0. The molecule has 292 valence electrons. The van der Waals surface area contributed by atoms with E-state index < -0.39 is 0 Å². The van der Waals surface area contributed by atoms with Gasteiger partial charge in [-0.1, -0.05) is 156 Å². The Morgan fingerprint density at radius 3 is 2.20 bits per heavy atom. The first kappa shape index (κ1) is 38.0. The molecule has 3 nitrogen and oxygen atoms in total. The number of para-hydroxylation sites is 1. The maximum absolute atomic E-state index is 4.19. The van der Waals surface area contributed by atoms with Crippen molar-refractivity contribution in [3.05, 3.63) is 185 Å². The highest BCUT2D eigenvalue weighted by Crippen LogP contribution is 2.49. The van der Waals surface area contributed by atoms with Gasteiger partial charge in [0.1, 0.15) is 0 Å². The Bertz CT molecular complexity index is 3270. The molecule has 0 saturated heterocycles. The molecule has 0 aliphatic heterocycles. The van der Waals surface area contributed by atoms with E-state index in [-0.39, 0.29) is 5.92 Å². The summed E-state index contributed by atoms with van der Waals surface area (Å²) in [6.07, 6.45) is 18.8. The maximum Gasteiger partial charge on any atom is 0.0795 e. The molecule has 0 bridgehead atoms. The molecule has 4 aromatic heterocycles. The second kappa shape index (κ2) is 15.6. The number of fused-ring (bicyclic) bond motifs is 14. The van der Waals surface area contributed by atoms with Gasteiger partial charge in [0.2, 0.25) is 0 Å². The third-order valence-corrected chi connectivity index (χ3v) is 12.1. The lowest BCUT2D eigenvalue weighted by Crippen LogP contribution is -2.05. The molecule has 3 heteroatoms. The maximum atomic E-state index is 4.19. The number of allylic oxidation sites excluding steroid dienone is 5. The third-order valence-electron chi connectivity index (χ3n) is 12.1. The van der Waals surface area contributed by atoms with E-state index in [1.807, 2.05) is 19.9 Å². The normalized spacial score (nSPS) is 13.5. The minimum atomic E-state index is 0.0459. The summed E-state index contributed by atoms with van der Waals surface area (Å²) in [6, 6.07) is 40.6. The molecule has 59 heavy (non-hydrogen) atoms. The standard InChI is InChI=1S/C51H39N3.C3H8.C2H6/c1-4-14-33(46(34-16-6-5-7-17-34)36-25-27-52-32(36)3)26-28-53-44-24-11-10-21-40(44)47-37-19-8-9-20-38(37)48-41-23-13-22-39-43-29-35-18-12-15-31(2)42(35)30-45(43)54(49(39)41)51(48)50(47)53;1-3-2;1-2/h4-10,12-23,25-30,46,52H,1,11,24H2,2-3H3;3H2,1-2H3;1-2H3/b28-26-,33-14+;;. The van der Waals surface area contributed by atoms with E-state index in [4.69, 9.17) is 0 Å². The van der Waals surface area contributed by atoms with Gasteiger partial charge < -0.3 is 14.0 Å². The molecule has 1 aliphatic rings. The molecule has 1 N–H and O–H groups in total. The van der Waals surface area contributed by atoms with Crippen LogP contribution in [0.5, 0.6) is 0 Å². The van der Waals surface area contributed by atoms with Crippen molar-refractivity contribution in [2.24, 2.45) is 0 Å². The van der Waals surface area contributed by atoms with Gasteiger partial charge in [0.15, 0.2) is 0 Å². The molecule has 0 amide bonds. The van der Waals surface area contributed by atoms with Crippen LogP contribution in [0.15, 0.2) is 152 Å². The van der Waals surface area contributed by atoms with E-state index in [1.54, 1.807) is 0 Å². The summed E-state index contributed by atoms with van der Waals surface area (Å²) in [4.78, 5) is 3.45. The second-order valence-electron chi connectivity index (χ2n) is 15.7. The van der Waals surface area contributed by atoms with Crippen molar-refractivity contribution in [2.75, 3.05) is 0 Å². The van der Waals surface area contributed by atoms with Gasteiger partial charge in [-0.3, -0.25) is 0 Å². The van der Waals surface area contributed by atoms with Crippen molar-refractivity contribution in [1.29, 1.82) is 0 Å². The minimum Gasteiger partial charge on any atom is -0.365 e. The van der Waals surface area contributed by atoms with Crippen LogP contribution in [0.25, 0.3) is 82.8 Å². The first-order valence-electron chi connectivity index (χ1n) is 21.5. The van der Waals surface area contributed by atoms with Gasteiger partial charge in [0.25, 0.3) is 0 Å². The van der Waals surface area contributed by atoms with E-state index in [9.17, 15) is 0 Å². The number of hydrogen-bond donors (Lipinski definition) is 1. The van der Waals surface area contributed by atoms with Crippen LogP contribution in [0.4, 0.5) is 0 Å². The highest BCUT2D eigenvalue weighted by Gasteiger charge is 2.28. The molecule has 6 aromatic carbocycles. The van der Waals surface area contributed by atoms with Crippen LogP contribution in [0.1, 0.15) is 80.1 Å². The van der Waals surface area contributed by atoms with Crippen molar-refractivity contribution >= 4 is 82.8 Å². The Morgan fingerprint density at radius 1 is 0.746 bits per heavy atom. The van der Waals surface area contributed by atoms with Crippen LogP contribution in [-0.2, 0) is 6.42 Å². The number of aryl methyl sites for hydroxylation is 2. The van der Waals surface area contributed by atoms with E-state index in [2.05, 4.69) is 194 Å². The van der Waals surface area contributed by atoms with E-state index in [1.165, 1.54) is 116 Å². The SMILES string of the molecule is C=C/C=C(\C=C/n1c2c(c3c4ccccc4c4c5cccc6c7cc8cccc(C)c8cc7n(c65)c4c31)C=CCC2)C(c1ccccc1)c1cc[nH]c1C.CC.CCC. The van der Waals surface area contributed by atoms with Crippen LogP contribution in [-0.4, -0.2) is 14.0 Å². The summed E-state index contributed by atoms with van der Waals surface area (Å²) in [5, 5.41) is 11.8. The number of nitrogens with zero attached hydrogens (tertiary/aromatic N) is 2. The fourth-order valence-corrected chi connectivity index (χ4v) is 9.78. The van der Waals surface area contributed by atoms with Crippen molar-refractivity contribution in [2.45, 2.75) is 66.7 Å². The zero-order valence-corrected chi connectivity index (χ0v) is 35.2. The second-order valence-corrected chi connectivity index (χ2v) is 15.7. The first-order valence-corrected chi connectivity index (χ1v) is 21.5. The first-order chi connectivity index (χ1) is 29.0. The predicted octanol–water partition coefficient (Wildman–Crippen LogP) is 15.9. The largest absolute Gasteiger partial charge is 0.365 e. The molecule has 10 aromatic rings. The Kier molecular flexibility index (Phi) is 10.1. The quantitative estimate of drug-likeness (QED) is 0.163. The van der Waals surface area contributed by atoms with Gasteiger partial charge in [0, 0.05) is 62.2 Å². The Morgan fingerprint density at radius 2 is 1.46 bits per heavy atom. The monoisotopic (exact) mass is 767 g/mol. The zero-order chi connectivity index (χ0) is 40.8. The fourth-order valence-electron chi connectivity index (χ4n) is 9.78. The topological polar surface area (TPSA) is 25.1 Å². The number of aromatic nitrogens is 3. The van der Waals surface area contributed by atoms with Gasteiger partial charge in [-0.15, -0.1) is 0 Å². The Hall–Kier alpha value is -6.58. The van der Waals surface area contributed by atoms with Gasteiger partial charge in [0.05, 0.1) is 22.1 Å². The molecule has 4 heterocycles. The number of benzene rings is 6. The molecule has 1 atom stereocenters. The molecule has 0 saturated carbocycles. The van der Waals surface area contributed by atoms with E-state index in [0.717, 1.165) is 12.8 Å². The zero-order valence-electron chi connectivity index (χ0n) is 35.2. The lowest BCUT2D eigenvalue weighted by Gasteiger charge is -2.20. The van der Waals surface area contributed by atoms with E-state index in [0.29, 0.717) is 0 Å². The number of hydrogen-bond acceptors (Lipinski definition) is 0. The van der Waals surface area contributed by atoms with Crippen molar-refractivity contribution in [3.8, 4) is 0 Å². The summed E-state index contributed by atoms with van der Waals surface area (Å²) in [6.45, 7) is 16.8. The summed E-state index contributed by atoms with van der Waals surface area (Å²) in [7, 11) is 0. The molecule has 0 fully saturated rings. The van der Waals surface area contributed by atoms with Crippen LogP contribution < -0.4 is 0 Å². The smallest absolute Gasteiger partial charge is 0.0795 e. The number of nitrogens with one attached hydrogen (secondary N) is 1. The van der Waals surface area contributed by atoms with Crippen LogP contribution in [0.3, 0.4) is 0 Å². The van der Waals surface area contributed by atoms with E-state index >= 15 is 0 Å². The van der Waals surface area contributed by atoms with Gasteiger partial charge >= 0.3 is 0 Å². The van der Waals surface area contributed by atoms with Gasteiger partial charge in [-0.05, 0) is 94.8 Å². The molecular weight excluding hydrogens is 715 g/mol. The molecule has 1 unspecified atom stereocenters. The minimum absolute atomic E-state index is 0.0459. The Labute approximate surface area is 347 Å². The highest BCUT2D eigenvalue weighted by atomic mass is 15.0. The summed E-state index contributed by atoms with van der Waals surface area (Å²) in [5.74, 6) is 0.0459. The lowest BCUT2D eigenvalue weighted by molar-refractivity contribution is 0.908. The number of H-pyrrole nitrogens is 1.